The van der Waals surface area contributed by atoms with Crippen molar-refractivity contribution in [1.29, 1.82) is 0 Å². The van der Waals surface area contributed by atoms with Crippen LogP contribution in [-0.4, -0.2) is 55.3 Å². The molecule has 1 amide bonds. The van der Waals surface area contributed by atoms with Crippen molar-refractivity contribution < 1.29 is 19.1 Å². The molecule has 10 rings (SSSR count). The maximum Gasteiger partial charge on any atom is 0.358 e. The molecule has 14 heteroatoms. The van der Waals surface area contributed by atoms with Crippen LogP contribution in [0.5, 0.6) is 0 Å². The number of hydrogen-bond donors (Lipinski definition) is 0. The van der Waals surface area contributed by atoms with Crippen LogP contribution in [-0.2, 0) is 32.5 Å². The van der Waals surface area contributed by atoms with E-state index in [1.54, 1.807) is 6.20 Å². The predicted molar refractivity (Wildman–Crippen MR) is 250 cm³/mol. The normalized spacial score (nSPS) is 25.8. The van der Waals surface area contributed by atoms with Gasteiger partial charge in [0.05, 0.1) is 40.6 Å². The van der Waals surface area contributed by atoms with Crippen molar-refractivity contribution >= 4 is 43.4 Å². The molecule has 63 heavy (non-hydrogen) atoms. The van der Waals surface area contributed by atoms with Gasteiger partial charge in [-0.25, -0.2) is 14.1 Å². The molecule has 12 nitrogen and oxygen atoms in total. The number of carbonyl (C=O) groups is 2. The first-order chi connectivity index (χ1) is 30.1. The van der Waals surface area contributed by atoms with Crippen molar-refractivity contribution in [2.45, 2.75) is 104 Å². The third-order valence-electron chi connectivity index (χ3n) is 13.0. The zero-order chi connectivity index (χ0) is 44.2. The summed E-state index contributed by atoms with van der Waals surface area (Å²) in [4.78, 5) is 36.7. The first-order valence-corrected chi connectivity index (χ1v) is 24.2. The van der Waals surface area contributed by atoms with Gasteiger partial charge in [-0.2, -0.15) is 5.10 Å². The highest BCUT2D eigenvalue weighted by molar-refractivity contribution is 8.70. The van der Waals surface area contributed by atoms with Gasteiger partial charge in [-0.1, -0.05) is 73.6 Å². The van der Waals surface area contributed by atoms with Crippen LogP contribution in [0.1, 0.15) is 105 Å². The molecule has 2 aromatic heterocycles. The first kappa shape index (κ1) is 43.0. The second-order valence-corrected chi connectivity index (χ2v) is 22.9. The Morgan fingerprint density at radius 3 is 2.44 bits per heavy atom. The fourth-order valence-corrected chi connectivity index (χ4v) is 14.6. The molecule has 5 aliphatic rings. The van der Waals surface area contributed by atoms with E-state index in [-0.39, 0.29) is 33.4 Å². The molecular formula is C49H54N8O4S2. The van der Waals surface area contributed by atoms with E-state index in [0.717, 1.165) is 71.8 Å². The maximum absolute atomic E-state index is 14.5. The summed E-state index contributed by atoms with van der Waals surface area (Å²) in [6.45, 7) is 14.4. The highest BCUT2D eigenvalue weighted by Gasteiger charge is 2.66. The molecule has 3 unspecified atom stereocenters. The molecule has 4 saturated carbocycles. The minimum atomic E-state index is -0.751. The molecule has 5 aromatic rings. The van der Waals surface area contributed by atoms with Crippen molar-refractivity contribution in [3.63, 3.8) is 0 Å². The number of esters is 1. The van der Waals surface area contributed by atoms with Crippen LogP contribution in [0.15, 0.2) is 106 Å². The summed E-state index contributed by atoms with van der Waals surface area (Å²) in [5.74, 6) is -0.631. The molecule has 4 aliphatic carbocycles. The number of amides is 1. The molecule has 0 radical (unpaired) electrons. The lowest BCUT2D eigenvalue weighted by atomic mass is 9.39. The average Bonchev–Trinajstić information content (AvgIpc) is 3.89. The Hall–Kier alpha value is -5.27. The summed E-state index contributed by atoms with van der Waals surface area (Å²) in [5.41, 5.74) is 13.7. The number of azide groups is 1. The van der Waals surface area contributed by atoms with Crippen molar-refractivity contribution in [3.8, 4) is 22.4 Å². The van der Waals surface area contributed by atoms with Crippen LogP contribution in [0.3, 0.4) is 0 Å². The quantitative estimate of drug-likeness (QED) is 0.0285. The third kappa shape index (κ3) is 8.70. The van der Waals surface area contributed by atoms with Crippen molar-refractivity contribution in [2.24, 2.45) is 25.7 Å². The van der Waals surface area contributed by atoms with E-state index < -0.39 is 21.5 Å². The van der Waals surface area contributed by atoms with Crippen LogP contribution < -0.4 is 0 Å². The van der Waals surface area contributed by atoms with Crippen molar-refractivity contribution in [3.05, 3.63) is 130 Å². The minimum absolute atomic E-state index is 0.0160. The predicted octanol–water partition coefficient (Wildman–Crippen LogP) is 12.0. The number of rotatable bonds is 13. The molecule has 3 heterocycles. The van der Waals surface area contributed by atoms with E-state index in [4.69, 9.17) is 25.1 Å². The molecule has 3 atom stereocenters. The van der Waals surface area contributed by atoms with Gasteiger partial charge in [-0.05, 0) is 139 Å². The molecule has 3 aromatic carbocycles. The summed E-state index contributed by atoms with van der Waals surface area (Å²) in [6.07, 6.45) is 9.97. The van der Waals surface area contributed by atoms with Gasteiger partial charge < -0.3 is 9.47 Å². The Morgan fingerprint density at radius 1 is 0.952 bits per heavy atom. The van der Waals surface area contributed by atoms with Crippen LogP contribution in [0.25, 0.3) is 43.6 Å². The summed E-state index contributed by atoms with van der Waals surface area (Å²) < 4.78 is 21.3. The number of carbonyl (C=O) groups excluding carboxylic acids is 2. The van der Waals surface area contributed by atoms with Gasteiger partial charge in [0.2, 0.25) is 0 Å². The van der Waals surface area contributed by atoms with E-state index in [0.29, 0.717) is 36.5 Å². The van der Waals surface area contributed by atoms with E-state index in [9.17, 15) is 9.59 Å². The van der Waals surface area contributed by atoms with Gasteiger partial charge in [0.15, 0.2) is 5.69 Å². The van der Waals surface area contributed by atoms with Crippen LogP contribution in [0.4, 0.5) is 0 Å². The fraction of sp³-hybridized carbons (Fsp3) is 0.429. The molecule has 1 aliphatic heterocycles. The smallest absolute Gasteiger partial charge is 0.358 e. The number of pyridine rings is 1. The van der Waals surface area contributed by atoms with E-state index in [2.05, 4.69) is 39.8 Å². The molecule has 326 valence electrons. The van der Waals surface area contributed by atoms with Gasteiger partial charge in [-0.15, -0.1) is 0 Å². The van der Waals surface area contributed by atoms with Crippen molar-refractivity contribution in [2.75, 3.05) is 13.2 Å². The minimum Gasteiger partial charge on any atom is -0.455 e. The van der Waals surface area contributed by atoms with Crippen LogP contribution >= 0.6 is 10.8 Å². The standard InChI is InChI=1S/C49H54N8O4S2/c1-33-40(24-52-56(33)32-48-27-46(5)26-47(6,28-48)30-49(29-46,31-48)60-21-19-51-55-50)37-17-18-41(54-42(37)44(59)61-45(2,3)4)36-16-15-35-13-10-14-38(39(35)23-36)43(58)57(63-53-20-22-62-63)25-34-11-8-7-9-12-34/h7-18,20,22-24H,19,21,25-32H2,1-6H3. The topological polar surface area (TPSA) is 148 Å². The average molecular weight is 883 g/mol. The second kappa shape index (κ2) is 16.4. The van der Waals surface area contributed by atoms with Gasteiger partial charge in [0.25, 0.3) is 5.91 Å². The molecule has 0 spiro atoms. The number of aromatic nitrogens is 3. The monoisotopic (exact) mass is 882 g/mol. The highest BCUT2D eigenvalue weighted by atomic mass is 33.1. The zero-order valence-electron chi connectivity index (χ0n) is 36.8. The summed E-state index contributed by atoms with van der Waals surface area (Å²) >= 11 is 0. The zero-order valence-corrected chi connectivity index (χ0v) is 38.5. The number of nitrogens with zero attached hydrogens (tertiary/aromatic N) is 8. The highest BCUT2D eigenvalue weighted by Crippen LogP contribution is 2.72. The van der Waals surface area contributed by atoms with Gasteiger partial charge in [0.1, 0.15) is 5.60 Å². The first-order valence-electron chi connectivity index (χ1n) is 21.7. The lowest BCUT2D eigenvalue weighted by Gasteiger charge is -2.69. The Balaban J connectivity index is 1.05. The van der Waals surface area contributed by atoms with Gasteiger partial charge in [0, 0.05) is 57.6 Å². The fourth-order valence-electron chi connectivity index (χ4n) is 12.0. The van der Waals surface area contributed by atoms with E-state index in [1.165, 1.54) is 17.2 Å². The Labute approximate surface area is 375 Å². The number of ether oxygens (including phenoxy) is 2. The molecule has 0 N–H and O–H groups in total. The lowest BCUT2D eigenvalue weighted by Crippen LogP contribution is -2.64. The van der Waals surface area contributed by atoms with Crippen LogP contribution in [0.2, 0.25) is 0 Å². The molecule has 0 saturated heterocycles. The Kier molecular flexibility index (Phi) is 11.2. The SMILES string of the molecule is Cc1c(-c2ccc(-c3ccc4cccc(C(=O)N(Cc5ccccc5)S5=NC=CS5)c4c3)nc2C(=O)OC(C)(C)C)cnn1CC12CC3(C)CC(C)(C1)CC(OCCN=[N+]=[N-])(C3)C2. The van der Waals surface area contributed by atoms with Crippen LogP contribution in [0, 0.1) is 23.2 Å². The summed E-state index contributed by atoms with van der Waals surface area (Å²) in [7, 11) is 0.829. The third-order valence-corrected chi connectivity index (χ3v) is 16.1. The number of benzene rings is 3. The molecular weight excluding hydrogens is 829 g/mol. The second-order valence-electron chi connectivity index (χ2n) is 19.9. The number of hydrogen-bond acceptors (Lipinski definition) is 9. The lowest BCUT2D eigenvalue weighted by molar-refractivity contribution is -0.247. The maximum atomic E-state index is 14.5. The molecule has 4 fully saturated rings. The Morgan fingerprint density at radius 2 is 1.73 bits per heavy atom. The number of fused-ring (bicyclic) bond motifs is 1. The summed E-state index contributed by atoms with van der Waals surface area (Å²) in [5, 5.41) is 12.4. The van der Waals surface area contributed by atoms with E-state index in [1.807, 2.05) is 116 Å². The largest absolute Gasteiger partial charge is 0.455 e. The molecule has 4 bridgehead atoms. The van der Waals surface area contributed by atoms with Gasteiger partial charge in [-0.3, -0.25) is 13.8 Å². The van der Waals surface area contributed by atoms with E-state index >= 15 is 0 Å². The van der Waals surface area contributed by atoms with Gasteiger partial charge >= 0.3 is 5.97 Å². The summed E-state index contributed by atoms with van der Waals surface area (Å²) in [6, 6.07) is 25.6. The van der Waals surface area contributed by atoms with Crippen molar-refractivity contribution in [1.82, 2.24) is 19.1 Å². The Bertz CT molecular complexity index is 2720.